The van der Waals surface area contributed by atoms with Gasteiger partial charge in [-0.05, 0) is 36.4 Å². The molecule has 0 radical (unpaired) electrons. The molecule has 184 valence electrons. The van der Waals surface area contributed by atoms with Gasteiger partial charge in [0.1, 0.15) is 6.42 Å². The fourth-order valence-electron chi connectivity index (χ4n) is 4.37. The number of aromatic nitrogens is 2. The highest BCUT2D eigenvalue weighted by Crippen LogP contribution is 2.31. The van der Waals surface area contributed by atoms with E-state index in [0.717, 1.165) is 22.6 Å². The van der Waals surface area contributed by atoms with Crippen LogP contribution in [0.15, 0.2) is 47.3 Å². The summed E-state index contributed by atoms with van der Waals surface area (Å²) in [5.74, 6) is -1.51. The molecule has 0 atom stereocenters. The van der Waals surface area contributed by atoms with Crippen molar-refractivity contribution in [1.82, 2.24) is 14.2 Å². The van der Waals surface area contributed by atoms with Crippen LogP contribution in [-0.2, 0) is 22.3 Å². The number of halogens is 3. The molecule has 35 heavy (non-hydrogen) atoms. The molecule has 2 aliphatic rings. The summed E-state index contributed by atoms with van der Waals surface area (Å²) in [5.41, 5.74) is 0.182. The number of carbonyl (C=O) groups excluding carboxylic acids is 2. The second kappa shape index (κ2) is 8.77. The molecule has 0 saturated carbocycles. The van der Waals surface area contributed by atoms with Crippen LogP contribution >= 0.6 is 0 Å². The van der Waals surface area contributed by atoms with Crippen LogP contribution in [0.25, 0.3) is 11.0 Å². The summed E-state index contributed by atoms with van der Waals surface area (Å²) in [4.78, 5) is 46.0. The van der Waals surface area contributed by atoms with Crippen LogP contribution in [0.3, 0.4) is 0 Å². The zero-order valence-electron chi connectivity index (χ0n) is 18.5. The molecule has 0 aliphatic carbocycles. The number of imidazole rings is 1. The van der Waals surface area contributed by atoms with Crippen molar-refractivity contribution >= 4 is 28.7 Å². The first kappa shape index (κ1) is 23.0. The molecule has 5 rings (SSSR count). The number of para-hydroxylation sites is 1. The van der Waals surface area contributed by atoms with E-state index in [9.17, 15) is 27.6 Å². The van der Waals surface area contributed by atoms with Gasteiger partial charge in [-0.3, -0.25) is 14.3 Å². The molecule has 1 saturated heterocycles. The Kier molecular flexibility index (Phi) is 5.75. The lowest BCUT2D eigenvalue weighted by Gasteiger charge is -2.36. The lowest BCUT2D eigenvalue weighted by molar-refractivity contribution is -0.151. The highest BCUT2D eigenvalue weighted by molar-refractivity contribution is 5.95. The number of hydrogen-bond acceptors (Lipinski definition) is 7. The van der Waals surface area contributed by atoms with Crippen LogP contribution in [0.2, 0.25) is 0 Å². The van der Waals surface area contributed by atoms with Gasteiger partial charge >= 0.3 is 23.8 Å². The first-order chi connectivity index (χ1) is 16.7. The van der Waals surface area contributed by atoms with Gasteiger partial charge in [0, 0.05) is 45.0 Å². The lowest BCUT2D eigenvalue weighted by atomic mass is 10.1. The Labute approximate surface area is 196 Å². The largest absolute Gasteiger partial charge is 0.424 e. The fourth-order valence-corrected chi connectivity index (χ4v) is 4.37. The first-order valence-corrected chi connectivity index (χ1v) is 11.0. The molecule has 1 aromatic heterocycles. The molecule has 3 aromatic rings. The quantitative estimate of drug-likeness (QED) is 0.314. The second-order valence-corrected chi connectivity index (χ2v) is 8.34. The van der Waals surface area contributed by atoms with E-state index in [2.05, 4.69) is 4.90 Å². The molecule has 3 heterocycles. The van der Waals surface area contributed by atoms with Crippen LogP contribution in [0.5, 0.6) is 5.75 Å². The van der Waals surface area contributed by atoms with Crippen LogP contribution < -0.4 is 20.2 Å². The van der Waals surface area contributed by atoms with Crippen molar-refractivity contribution in [3.8, 4) is 5.75 Å². The minimum atomic E-state index is -4.36. The number of esters is 1. The average Bonchev–Trinajstić information content (AvgIpc) is 3.08. The number of carbonyl (C=O) groups is 2. The molecule has 9 nitrogen and oxygen atoms in total. The van der Waals surface area contributed by atoms with Gasteiger partial charge < -0.3 is 14.5 Å². The second-order valence-electron chi connectivity index (χ2n) is 8.34. The Morgan fingerprint density at radius 2 is 1.57 bits per heavy atom. The highest BCUT2D eigenvalue weighted by atomic mass is 19.4. The van der Waals surface area contributed by atoms with Crippen molar-refractivity contribution in [3.05, 3.63) is 58.5 Å². The summed E-state index contributed by atoms with van der Waals surface area (Å²) in [5, 5.41) is 0. The molecule has 2 aromatic carbocycles. The average molecular weight is 490 g/mol. The smallest absolute Gasteiger partial charge is 0.416 e. The van der Waals surface area contributed by atoms with Crippen molar-refractivity contribution < 1.29 is 32.3 Å². The highest BCUT2D eigenvalue weighted by Gasteiger charge is 2.30. The van der Waals surface area contributed by atoms with E-state index in [-0.39, 0.29) is 11.3 Å². The molecule has 12 heteroatoms. The molecule has 0 amide bonds. The van der Waals surface area contributed by atoms with Crippen molar-refractivity contribution in [3.63, 3.8) is 0 Å². The predicted molar refractivity (Wildman–Crippen MR) is 118 cm³/mol. The number of hydrogen-bond donors (Lipinski definition) is 0. The summed E-state index contributed by atoms with van der Waals surface area (Å²) in [6.45, 7) is 3.40. The summed E-state index contributed by atoms with van der Waals surface area (Å²) < 4.78 is 46.0. The van der Waals surface area contributed by atoms with Crippen molar-refractivity contribution in [1.29, 1.82) is 0 Å². The van der Waals surface area contributed by atoms with Gasteiger partial charge in [0.15, 0.2) is 11.3 Å². The van der Waals surface area contributed by atoms with E-state index in [1.54, 1.807) is 12.1 Å². The van der Waals surface area contributed by atoms with E-state index in [1.165, 1.54) is 22.8 Å². The number of rotatable bonds is 4. The van der Waals surface area contributed by atoms with E-state index in [4.69, 9.17) is 9.57 Å². The zero-order valence-corrected chi connectivity index (χ0v) is 18.5. The third-order valence-corrected chi connectivity index (χ3v) is 6.15. The van der Waals surface area contributed by atoms with Crippen LogP contribution in [0.1, 0.15) is 12.0 Å². The Balaban J connectivity index is 1.28. The van der Waals surface area contributed by atoms with E-state index in [0.29, 0.717) is 44.8 Å². The molecule has 0 bridgehead atoms. The summed E-state index contributed by atoms with van der Waals surface area (Å²) in [6, 6.07) is 9.98. The maximum absolute atomic E-state index is 13.0. The van der Waals surface area contributed by atoms with Gasteiger partial charge in [0.05, 0.1) is 11.1 Å². The first-order valence-electron chi connectivity index (χ1n) is 11.0. The lowest BCUT2D eigenvalue weighted by Crippen LogP contribution is -2.47. The van der Waals surface area contributed by atoms with E-state index < -0.39 is 35.8 Å². The minimum Gasteiger partial charge on any atom is -0.424 e. The third-order valence-electron chi connectivity index (χ3n) is 6.15. The van der Waals surface area contributed by atoms with Gasteiger partial charge in [-0.25, -0.2) is 9.59 Å². The van der Waals surface area contributed by atoms with Gasteiger partial charge in [0.2, 0.25) is 0 Å². The van der Waals surface area contributed by atoms with Crippen LogP contribution in [-0.4, -0.2) is 58.9 Å². The Bertz CT molecular complexity index is 1340. The molecular formula is C23H21F3N4O5. The number of anilines is 1. The fraction of sp³-hybridized carbons (Fsp3) is 0.348. The number of nitrogens with zero attached hydrogens (tertiary/aromatic N) is 4. The monoisotopic (exact) mass is 490 g/mol. The maximum Gasteiger partial charge on any atom is 0.416 e. The molecular weight excluding hydrogens is 469 g/mol. The molecule has 2 aliphatic heterocycles. The van der Waals surface area contributed by atoms with Crippen molar-refractivity contribution in [2.45, 2.75) is 19.1 Å². The van der Waals surface area contributed by atoms with Gasteiger partial charge in [-0.2, -0.15) is 13.2 Å². The summed E-state index contributed by atoms with van der Waals surface area (Å²) >= 11 is 0. The van der Waals surface area contributed by atoms with Gasteiger partial charge in [-0.1, -0.05) is 6.07 Å². The topological polar surface area (TPSA) is 86.0 Å². The van der Waals surface area contributed by atoms with Crippen molar-refractivity contribution in [2.75, 3.05) is 37.6 Å². The van der Waals surface area contributed by atoms with Crippen molar-refractivity contribution in [2.24, 2.45) is 0 Å². The number of benzene rings is 2. The third kappa shape index (κ3) is 4.48. The summed E-state index contributed by atoms with van der Waals surface area (Å²) in [6.07, 6.45) is -4.96. The zero-order chi connectivity index (χ0) is 24.7. The summed E-state index contributed by atoms with van der Waals surface area (Å²) in [7, 11) is 0. The Morgan fingerprint density at radius 3 is 2.26 bits per heavy atom. The number of piperazine rings is 1. The predicted octanol–water partition coefficient (Wildman–Crippen LogP) is 1.91. The van der Waals surface area contributed by atoms with Crippen LogP contribution in [0, 0.1) is 0 Å². The van der Waals surface area contributed by atoms with Gasteiger partial charge in [-0.15, -0.1) is 4.73 Å². The van der Waals surface area contributed by atoms with E-state index >= 15 is 0 Å². The molecule has 0 spiro atoms. The van der Waals surface area contributed by atoms with Gasteiger partial charge in [0.25, 0.3) is 0 Å². The number of alkyl halides is 3. The molecule has 0 unspecified atom stereocenters. The maximum atomic E-state index is 13.0. The standard InChI is InChI=1S/C23H21F3N4O5/c24-23(25,26)15-4-6-16(7-5-15)28-11-8-27(9-12-28)10-13-29-17-2-1-3-18-21(17)30(22(29)33)35-20(32)14-19(31)34-18/h1-7H,8-14H2. The SMILES string of the molecule is O=C1CC(=O)On2c(=O)n(CCN3CCN(c4ccc(C(F)(F)F)cc4)CC3)c3cccc(c32)O1. The molecule has 0 N–H and O–H groups in total. The number of ether oxygens (including phenoxy) is 1. The van der Waals surface area contributed by atoms with E-state index in [1.807, 2.05) is 4.90 Å². The minimum absolute atomic E-state index is 0.140. The van der Waals surface area contributed by atoms with Crippen LogP contribution in [0.4, 0.5) is 18.9 Å². The normalized spacial score (nSPS) is 17.2. The Morgan fingerprint density at radius 1 is 0.857 bits per heavy atom. The molecule has 1 fully saturated rings. The Hall–Kier alpha value is -3.80.